The van der Waals surface area contributed by atoms with Crippen molar-refractivity contribution in [3.05, 3.63) is 41.2 Å². The molecule has 0 aromatic carbocycles. The maximum Gasteiger partial charge on any atom is 0.426 e. The van der Waals surface area contributed by atoms with Gasteiger partial charge in [-0.25, -0.2) is 4.98 Å². The zero-order valence-corrected chi connectivity index (χ0v) is 19.3. The first kappa shape index (κ1) is 26.4. The van der Waals surface area contributed by atoms with Crippen LogP contribution in [0.5, 0.6) is 0 Å². The van der Waals surface area contributed by atoms with Gasteiger partial charge in [0.1, 0.15) is 5.69 Å². The molecule has 0 fully saturated rings. The van der Waals surface area contributed by atoms with Gasteiger partial charge in [-0.2, -0.15) is 31.4 Å². The first-order valence-electron chi connectivity index (χ1n) is 11.0. The molecule has 3 aromatic rings. The van der Waals surface area contributed by atoms with E-state index in [-0.39, 0.29) is 32.4 Å². The molecule has 37 heavy (non-hydrogen) atoms. The standard InChI is InChI=1S/C21H21F6N7O3/c1-33-9-11(8-29-33)10-34-6-4-2-3-5-19(36,21(25,26)27)18-32-31-16(37-18)15-13(28)7-12(20(22,23)24)14(30-15)17(34)35/h7-9,36H,2-6,10,28H2,1H3/t19-/m1/s1. The molecule has 200 valence electrons. The van der Waals surface area contributed by atoms with E-state index in [1.165, 1.54) is 10.9 Å². The number of fused-ring (bicyclic) bond motifs is 5. The molecule has 1 amide bonds. The number of amides is 1. The predicted octanol–water partition coefficient (Wildman–Crippen LogP) is 3.43. The summed E-state index contributed by atoms with van der Waals surface area (Å²) < 4.78 is 89.5. The predicted molar refractivity (Wildman–Crippen MR) is 113 cm³/mol. The van der Waals surface area contributed by atoms with E-state index < -0.39 is 64.7 Å². The summed E-state index contributed by atoms with van der Waals surface area (Å²) in [6, 6.07) is 0.434. The molecule has 4 rings (SSSR count). The molecular formula is C21H21F6N7O3. The van der Waals surface area contributed by atoms with Gasteiger partial charge in [-0.05, 0) is 25.3 Å². The summed E-state index contributed by atoms with van der Waals surface area (Å²) in [6.45, 7) is -0.238. The highest BCUT2D eigenvalue weighted by atomic mass is 19.4. The van der Waals surface area contributed by atoms with E-state index in [4.69, 9.17) is 10.2 Å². The summed E-state index contributed by atoms with van der Waals surface area (Å²) in [7, 11) is 1.62. The van der Waals surface area contributed by atoms with Crippen LogP contribution in [0.2, 0.25) is 0 Å². The summed E-state index contributed by atoms with van der Waals surface area (Å²) in [4.78, 5) is 18.2. The third kappa shape index (κ3) is 5.10. The third-order valence-electron chi connectivity index (χ3n) is 5.90. The van der Waals surface area contributed by atoms with E-state index in [1.807, 2.05) is 0 Å². The highest BCUT2D eigenvalue weighted by molar-refractivity contribution is 5.95. The molecule has 3 N–H and O–H groups in total. The molecule has 1 aliphatic rings. The second-order valence-corrected chi connectivity index (χ2v) is 8.65. The molecule has 1 aliphatic heterocycles. The fourth-order valence-corrected chi connectivity index (χ4v) is 3.97. The van der Waals surface area contributed by atoms with Gasteiger partial charge in [-0.3, -0.25) is 9.48 Å². The van der Waals surface area contributed by atoms with Crippen LogP contribution in [0, 0.1) is 0 Å². The number of anilines is 1. The Labute approximate surface area is 205 Å². The van der Waals surface area contributed by atoms with Gasteiger partial charge in [-0.15, -0.1) is 10.2 Å². The second kappa shape index (κ2) is 9.32. The average molecular weight is 533 g/mol. The number of hydrogen-bond acceptors (Lipinski definition) is 8. The number of aliphatic hydroxyl groups is 1. The van der Waals surface area contributed by atoms with Crippen LogP contribution in [-0.4, -0.2) is 53.6 Å². The van der Waals surface area contributed by atoms with E-state index in [2.05, 4.69) is 20.3 Å². The number of carbonyl (C=O) groups is 1. The lowest BCUT2D eigenvalue weighted by Crippen LogP contribution is -2.42. The Morgan fingerprint density at radius 1 is 1.14 bits per heavy atom. The number of aromatic nitrogens is 5. The van der Waals surface area contributed by atoms with Crippen LogP contribution in [0.15, 0.2) is 22.9 Å². The monoisotopic (exact) mass is 533 g/mol. The Balaban J connectivity index is 1.88. The summed E-state index contributed by atoms with van der Waals surface area (Å²) in [5, 5.41) is 21.1. The largest absolute Gasteiger partial charge is 0.426 e. The fraction of sp³-hybridized carbons (Fsp3) is 0.476. The molecule has 16 heteroatoms. The lowest BCUT2D eigenvalue weighted by atomic mass is 9.95. The molecule has 0 saturated heterocycles. The van der Waals surface area contributed by atoms with Gasteiger partial charge in [0.05, 0.1) is 17.4 Å². The van der Waals surface area contributed by atoms with Gasteiger partial charge in [0, 0.05) is 31.9 Å². The maximum absolute atomic E-state index is 13.9. The SMILES string of the molecule is Cn1cc(CN2CCCCC[C@](O)(C(F)(F)F)c3nnc(o3)-c3nc(c(C(F)(F)F)cc3N)C2=O)cn1. The van der Waals surface area contributed by atoms with Crippen molar-refractivity contribution in [1.29, 1.82) is 0 Å². The Morgan fingerprint density at radius 3 is 2.49 bits per heavy atom. The van der Waals surface area contributed by atoms with E-state index in [0.29, 0.717) is 11.6 Å². The van der Waals surface area contributed by atoms with Crippen LogP contribution in [-0.2, 0) is 25.4 Å². The number of aryl methyl sites for hydroxylation is 1. The summed E-state index contributed by atoms with van der Waals surface area (Å²) in [5.74, 6) is -3.07. The fourth-order valence-electron chi connectivity index (χ4n) is 3.97. The van der Waals surface area contributed by atoms with Gasteiger partial charge >= 0.3 is 12.4 Å². The Kier molecular flexibility index (Phi) is 6.64. The van der Waals surface area contributed by atoms with Crippen LogP contribution in [0.25, 0.3) is 11.6 Å². The third-order valence-corrected chi connectivity index (χ3v) is 5.90. The molecule has 0 saturated carbocycles. The highest BCUT2D eigenvalue weighted by Crippen LogP contribution is 2.43. The smallest absolute Gasteiger partial charge is 0.416 e. The summed E-state index contributed by atoms with van der Waals surface area (Å²) in [5.41, 5.74) is -1.05. The number of rotatable bonds is 2. The maximum atomic E-state index is 13.9. The molecule has 3 aromatic heterocycles. The van der Waals surface area contributed by atoms with E-state index in [1.54, 1.807) is 13.2 Å². The van der Waals surface area contributed by atoms with E-state index in [0.717, 1.165) is 4.90 Å². The zero-order chi connectivity index (χ0) is 27.2. The van der Waals surface area contributed by atoms with Gasteiger partial charge in [0.15, 0.2) is 5.69 Å². The number of hydrogen-bond donors (Lipinski definition) is 2. The second-order valence-electron chi connectivity index (χ2n) is 8.65. The van der Waals surface area contributed by atoms with Crippen molar-refractivity contribution < 1.29 is 40.7 Å². The van der Waals surface area contributed by atoms with Crippen molar-refractivity contribution in [3.63, 3.8) is 0 Å². The van der Waals surface area contributed by atoms with Crippen molar-refractivity contribution in [3.8, 4) is 11.6 Å². The summed E-state index contributed by atoms with van der Waals surface area (Å²) in [6.07, 6.45) is -8.00. The topological polar surface area (TPSA) is 136 Å². The number of carbonyl (C=O) groups excluding carboxylic acids is 1. The Hall–Kier alpha value is -3.69. The number of alkyl halides is 6. The number of halogens is 6. The van der Waals surface area contributed by atoms with Crippen LogP contribution in [0.3, 0.4) is 0 Å². The Bertz CT molecular complexity index is 1300. The van der Waals surface area contributed by atoms with Crippen LogP contribution in [0.1, 0.15) is 53.2 Å². The van der Waals surface area contributed by atoms with Crippen molar-refractivity contribution in [2.75, 3.05) is 12.3 Å². The first-order chi connectivity index (χ1) is 17.2. The molecule has 4 bridgehead atoms. The van der Waals surface area contributed by atoms with Crippen molar-refractivity contribution in [2.45, 2.75) is 50.2 Å². The van der Waals surface area contributed by atoms with Crippen molar-refractivity contribution >= 4 is 11.6 Å². The number of nitrogens with zero attached hydrogens (tertiary/aromatic N) is 6. The lowest BCUT2D eigenvalue weighted by molar-refractivity contribution is -0.277. The number of pyridine rings is 1. The van der Waals surface area contributed by atoms with Crippen LogP contribution >= 0.6 is 0 Å². The molecule has 1 atom stereocenters. The molecule has 4 heterocycles. The van der Waals surface area contributed by atoms with Crippen molar-refractivity contribution in [1.82, 2.24) is 29.9 Å². The first-order valence-corrected chi connectivity index (χ1v) is 11.0. The normalized spacial score (nSPS) is 19.7. The molecule has 0 spiro atoms. The zero-order valence-electron chi connectivity index (χ0n) is 19.3. The number of nitrogen functional groups attached to an aromatic ring is 1. The number of nitrogens with two attached hydrogens (primary N) is 1. The van der Waals surface area contributed by atoms with E-state index >= 15 is 0 Å². The van der Waals surface area contributed by atoms with Gasteiger partial charge in [-0.1, -0.05) is 6.42 Å². The van der Waals surface area contributed by atoms with Crippen LogP contribution in [0.4, 0.5) is 32.0 Å². The van der Waals surface area contributed by atoms with Gasteiger partial charge in [0.25, 0.3) is 17.7 Å². The molecule has 10 nitrogen and oxygen atoms in total. The van der Waals surface area contributed by atoms with Gasteiger partial charge in [0.2, 0.25) is 5.60 Å². The molecule has 0 unspecified atom stereocenters. The van der Waals surface area contributed by atoms with Crippen molar-refractivity contribution in [2.24, 2.45) is 7.05 Å². The minimum absolute atomic E-state index is 0.0999. The molecule has 0 radical (unpaired) electrons. The van der Waals surface area contributed by atoms with Gasteiger partial charge < -0.3 is 20.2 Å². The van der Waals surface area contributed by atoms with E-state index in [9.17, 15) is 36.2 Å². The minimum Gasteiger partial charge on any atom is -0.416 e. The molecular weight excluding hydrogens is 512 g/mol. The Morgan fingerprint density at radius 2 is 1.86 bits per heavy atom. The summed E-state index contributed by atoms with van der Waals surface area (Å²) >= 11 is 0. The lowest BCUT2D eigenvalue weighted by Gasteiger charge is -2.27. The molecule has 0 aliphatic carbocycles. The minimum atomic E-state index is -5.19. The highest BCUT2D eigenvalue weighted by Gasteiger charge is 2.58. The van der Waals surface area contributed by atoms with Crippen LogP contribution < -0.4 is 5.73 Å². The quantitative estimate of drug-likeness (QED) is 0.479. The average Bonchev–Trinajstić information content (AvgIpc) is 3.44.